The lowest BCUT2D eigenvalue weighted by molar-refractivity contribution is 1.15. The van der Waals surface area contributed by atoms with E-state index in [0.717, 1.165) is 11.3 Å². The van der Waals surface area contributed by atoms with Crippen molar-refractivity contribution in [2.45, 2.75) is 6.92 Å². The van der Waals surface area contributed by atoms with Crippen molar-refractivity contribution in [3.8, 4) is 11.4 Å². The quantitative estimate of drug-likeness (QED) is 0.731. The van der Waals surface area contributed by atoms with Gasteiger partial charge >= 0.3 is 0 Å². The van der Waals surface area contributed by atoms with E-state index in [4.69, 9.17) is 5.73 Å². The number of nitrogens with zero attached hydrogens (tertiary/aromatic N) is 3. The molecule has 2 N–H and O–H groups in total. The largest absolute Gasteiger partial charge is 0.383 e. The molecule has 0 atom stereocenters. The van der Waals surface area contributed by atoms with E-state index >= 15 is 0 Å². The number of nitrogen functional groups attached to an aromatic ring is 1. The predicted octanol–water partition coefficient (Wildman–Crippen LogP) is 1.43. The molecule has 0 aliphatic rings. The van der Waals surface area contributed by atoms with Crippen LogP contribution in [0.1, 0.15) is 5.69 Å². The molecule has 2 heterocycles. The Hall–Kier alpha value is -1.97. The normalized spacial score (nSPS) is 10.1. The molecule has 0 saturated heterocycles. The summed E-state index contributed by atoms with van der Waals surface area (Å²) >= 11 is 0. The minimum Gasteiger partial charge on any atom is -0.383 e. The van der Waals surface area contributed by atoms with Gasteiger partial charge in [-0.25, -0.2) is 15.0 Å². The van der Waals surface area contributed by atoms with Gasteiger partial charge in [-0.05, 0) is 25.1 Å². The van der Waals surface area contributed by atoms with Gasteiger partial charge in [0.1, 0.15) is 5.82 Å². The number of hydrogen-bond acceptors (Lipinski definition) is 4. The second kappa shape index (κ2) is 3.41. The highest BCUT2D eigenvalue weighted by molar-refractivity contribution is 5.67. The third-order valence-electron chi connectivity index (χ3n) is 1.87. The lowest BCUT2D eigenvalue weighted by Gasteiger charge is -2.03. The number of rotatable bonds is 1. The highest BCUT2D eigenvalue weighted by atomic mass is 14.9. The maximum Gasteiger partial charge on any atom is 0.162 e. The van der Waals surface area contributed by atoms with Crippen LogP contribution in [-0.4, -0.2) is 15.0 Å². The SMILES string of the molecule is Cc1ccc(-c2ncccn2)c(N)n1. The number of nitrogens with two attached hydrogens (primary N) is 1. The topological polar surface area (TPSA) is 64.7 Å². The molecule has 0 spiro atoms. The Morgan fingerprint density at radius 3 is 2.50 bits per heavy atom. The van der Waals surface area contributed by atoms with Crippen LogP contribution < -0.4 is 5.73 Å². The van der Waals surface area contributed by atoms with Crippen LogP contribution in [0.25, 0.3) is 11.4 Å². The summed E-state index contributed by atoms with van der Waals surface area (Å²) in [5, 5.41) is 0. The molecule has 0 aliphatic heterocycles. The van der Waals surface area contributed by atoms with Gasteiger partial charge < -0.3 is 5.73 Å². The van der Waals surface area contributed by atoms with Crippen molar-refractivity contribution >= 4 is 5.82 Å². The van der Waals surface area contributed by atoms with E-state index in [1.165, 1.54) is 0 Å². The molecule has 0 fully saturated rings. The summed E-state index contributed by atoms with van der Waals surface area (Å²) in [7, 11) is 0. The van der Waals surface area contributed by atoms with Crippen LogP contribution in [-0.2, 0) is 0 Å². The lowest BCUT2D eigenvalue weighted by Crippen LogP contribution is -1.97. The Balaban J connectivity index is 2.53. The molecule has 14 heavy (non-hydrogen) atoms. The van der Waals surface area contributed by atoms with E-state index in [-0.39, 0.29) is 0 Å². The van der Waals surface area contributed by atoms with Crippen LogP contribution in [0.3, 0.4) is 0 Å². The molecule has 4 nitrogen and oxygen atoms in total. The molecular weight excluding hydrogens is 176 g/mol. The summed E-state index contributed by atoms with van der Waals surface area (Å²) in [6.07, 6.45) is 3.36. The first-order chi connectivity index (χ1) is 6.77. The van der Waals surface area contributed by atoms with E-state index in [9.17, 15) is 0 Å². The summed E-state index contributed by atoms with van der Waals surface area (Å²) in [6.45, 7) is 1.89. The highest BCUT2D eigenvalue weighted by Crippen LogP contribution is 2.19. The standard InChI is InChI=1S/C10H10N4/c1-7-3-4-8(9(11)14-7)10-12-5-2-6-13-10/h2-6H,1H3,(H2,11,14). The third-order valence-corrected chi connectivity index (χ3v) is 1.87. The van der Waals surface area contributed by atoms with Crippen molar-refractivity contribution in [2.24, 2.45) is 0 Å². The second-order valence-electron chi connectivity index (χ2n) is 2.96. The molecule has 2 aromatic rings. The van der Waals surface area contributed by atoms with Crippen LogP contribution in [0.2, 0.25) is 0 Å². The third kappa shape index (κ3) is 1.54. The predicted molar refractivity (Wildman–Crippen MR) is 54.4 cm³/mol. The van der Waals surface area contributed by atoms with Crippen LogP contribution in [0.5, 0.6) is 0 Å². The van der Waals surface area contributed by atoms with Crippen LogP contribution in [0, 0.1) is 6.92 Å². The molecule has 4 heteroatoms. The zero-order chi connectivity index (χ0) is 9.97. The molecule has 2 aromatic heterocycles. The molecule has 0 aliphatic carbocycles. The Labute approximate surface area is 81.9 Å². The smallest absolute Gasteiger partial charge is 0.162 e. The van der Waals surface area contributed by atoms with Gasteiger partial charge in [-0.2, -0.15) is 0 Å². The van der Waals surface area contributed by atoms with Crippen molar-refractivity contribution < 1.29 is 0 Å². The molecule has 0 bridgehead atoms. The Kier molecular flexibility index (Phi) is 2.10. The van der Waals surface area contributed by atoms with Crippen molar-refractivity contribution in [2.75, 3.05) is 5.73 Å². The van der Waals surface area contributed by atoms with Gasteiger partial charge in [-0.15, -0.1) is 0 Å². The van der Waals surface area contributed by atoms with E-state index in [1.54, 1.807) is 18.5 Å². The molecular formula is C10H10N4. The number of pyridine rings is 1. The van der Waals surface area contributed by atoms with Gasteiger partial charge in [0.25, 0.3) is 0 Å². The first-order valence-electron chi connectivity index (χ1n) is 4.28. The van der Waals surface area contributed by atoms with Gasteiger partial charge in [0.2, 0.25) is 0 Å². The minimum absolute atomic E-state index is 0.469. The summed E-state index contributed by atoms with van der Waals surface area (Å²) in [5.41, 5.74) is 7.43. The second-order valence-corrected chi connectivity index (χ2v) is 2.96. The molecule has 70 valence electrons. The first kappa shape index (κ1) is 8.62. The van der Waals surface area contributed by atoms with E-state index in [1.807, 2.05) is 19.1 Å². The molecule has 0 saturated carbocycles. The van der Waals surface area contributed by atoms with E-state index < -0.39 is 0 Å². The van der Waals surface area contributed by atoms with E-state index in [2.05, 4.69) is 15.0 Å². The van der Waals surface area contributed by atoms with Gasteiger partial charge in [-0.3, -0.25) is 0 Å². The van der Waals surface area contributed by atoms with Gasteiger partial charge in [0.15, 0.2) is 5.82 Å². The molecule has 0 radical (unpaired) electrons. The Morgan fingerprint density at radius 1 is 1.14 bits per heavy atom. The molecule has 0 unspecified atom stereocenters. The summed E-state index contributed by atoms with van der Waals surface area (Å²) in [4.78, 5) is 12.4. The fourth-order valence-corrected chi connectivity index (χ4v) is 1.20. The highest BCUT2D eigenvalue weighted by Gasteiger charge is 2.05. The fourth-order valence-electron chi connectivity index (χ4n) is 1.20. The molecule has 0 aromatic carbocycles. The zero-order valence-electron chi connectivity index (χ0n) is 7.81. The molecule has 2 rings (SSSR count). The minimum atomic E-state index is 0.469. The monoisotopic (exact) mass is 186 g/mol. The van der Waals surface area contributed by atoms with Crippen LogP contribution >= 0.6 is 0 Å². The van der Waals surface area contributed by atoms with Crippen molar-refractivity contribution in [1.29, 1.82) is 0 Å². The number of anilines is 1. The summed E-state index contributed by atoms with van der Waals surface area (Å²) in [6, 6.07) is 5.54. The summed E-state index contributed by atoms with van der Waals surface area (Å²) < 4.78 is 0. The average Bonchev–Trinajstić information content (AvgIpc) is 2.19. The van der Waals surface area contributed by atoms with Gasteiger partial charge in [-0.1, -0.05) is 0 Å². The van der Waals surface area contributed by atoms with Crippen molar-refractivity contribution in [3.05, 3.63) is 36.3 Å². The number of aryl methyl sites for hydroxylation is 1. The van der Waals surface area contributed by atoms with Crippen LogP contribution in [0.4, 0.5) is 5.82 Å². The Bertz CT molecular complexity index is 439. The van der Waals surface area contributed by atoms with Gasteiger partial charge in [0, 0.05) is 18.1 Å². The van der Waals surface area contributed by atoms with Crippen molar-refractivity contribution in [3.63, 3.8) is 0 Å². The molecule has 0 amide bonds. The summed E-state index contributed by atoms with van der Waals surface area (Å²) in [5.74, 6) is 1.08. The Morgan fingerprint density at radius 2 is 1.86 bits per heavy atom. The number of aromatic nitrogens is 3. The lowest BCUT2D eigenvalue weighted by atomic mass is 10.2. The van der Waals surface area contributed by atoms with Crippen LogP contribution in [0.15, 0.2) is 30.6 Å². The maximum absolute atomic E-state index is 5.76. The maximum atomic E-state index is 5.76. The zero-order valence-corrected chi connectivity index (χ0v) is 7.81. The van der Waals surface area contributed by atoms with Crippen molar-refractivity contribution in [1.82, 2.24) is 15.0 Å². The number of hydrogen-bond donors (Lipinski definition) is 1. The van der Waals surface area contributed by atoms with Gasteiger partial charge in [0.05, 0.1) is 5.56 Å². The fraction of sp³-hybridized carbons (Fsp3) is 0.100. The first-order valence-corrected chi connectivity index (χ1v) is 4.28. The van der Waals surface area contributed by atoms with E-state index in [0.29, 0.717) is 11.6 Å². The average molecular weight is 186 g/mol.